The number of hydrogen-bond acceptors (Lipinski definition) is 4. The Kier molecular flexibility index (Phi) is 5.34. The van der Waals surface area contributed by atoms with Crippen LogP contribution in [0.1, 0.15) is 37.7 Å². The third-order valence-electron chi connectivity index (χ3n) is 5.13. The zero-order valence-corrected chi connectivity index (χ0v) is 16.0. The molecule has 2 saturated heterocycles. The second-order valence-electron chi connectivity index (χ2n) is 6.84. The first kappa shape index (κ1) is 18.8. The van der Waals surface area contributed by atoms with E-state index in [2.05, 4.69) is 5.32 Å². The number of carbonyl (C=O) groups is 2. The van der Waals surface area contributed by atoms with Crippen molar-refractivity contribution in [3.63, 3.8) is 0 Å². The maximum absolute atomic E-state index is 13.2. The second-order valence-corrected chi connectivity index (χ2v) is 8.70. The summed E-state index contributed by atoms with van der Waals surface area (Å²) >= 11 is 0. The van der Waals surface area contributed by atoms with Gasteiger partial charge in [-0.05, 0) is 49.9 Å². The van der Waals surface area contributed by atoms with Gasteiger partial charge in [0.15, 0.2) is 0 Å². The molecular weight excluding hydrogens is 354 g/mol. The molecule has 0 spiro atoms. The molecule has 2 aliphatic heterocycles. The summed E-state index contributed by atoms with van der Waals surface area (Å²) in [7, 11) is -2.26. The van der Waals surface area contributed by atoms with Crippen molar-refractivity contribution in [1.82, 2.24) is 9.62 Å². The number of amides is 2. The fourth-order valence-electron chi connectivity index (χ4n) is 3.76. The Morgan fingerprint density at radius 1 is 1.19 bits per heavy atom. The summed E-state index contributed by atoms with van der Waals surface area (Å²) in [6, 6.07) is 4.32. The van der Waals surface area contributed by atoms with Crippen LogP contribution in [0.4, 0.5) is 5.69 Å². The van der Waals surface area contributed by atoms with Crippen molar-refractivity contribution in [1.29, 1.82) is 0 Å². The summed E-state index contributed by atoms with van der Waals surface area (Å²) in [6.07, 6.45) is 3.45. The van der Waals surface area contributed by atoms with Crippen molar-refractivity contribution in [3.8, 4) is 0 Å². The standard InChI is InChI=1S/C18H25N3O4S/c1-13-12-14(20-10-5-7-17(20)22)8-9-16(13)26(24,25)21-11-4-3-6-15(21)18(23)19-2/h8-9,12,15H,3-7,10-11H2,1-2H3,(H,19,23)/t15-/m1/s1. The molecule has 142 valence electrons. The SMILES string of the molecule is CNC(=O)[C@H]1CCCCN1S(=O)(=O)c1ccc(N2CCCC2=O)cc1C. The maximum atomic E-state index is 13.2. The number of carbonyl (C=O) groups excluding carboxylic acids is 2. The highest BCUT2D eigenvalue weighted by Gasteiger charge is 2.38. The molecule has 2 fully saturated rings. The average molecular weight is 379 g/mol. The van der Waals surface area contributed by atoms with Gasteiger partial charge in [-0.25, -0.2) is 8.42 Å². The molecule has 0 aliphatic carbocycles. The molecule has 0 unspecified atom stereocenters. The van der Waals surface area contributed by atoms with Crippen molar-refractivity contribution in [3.05, 3.63) is 23.8 Å². The van der Waals surface area contributed by atoms with Crippen LogP contribution < -0.4 is 10.2 Å². The van der Waals surface area contributed by atoms with Crippen molar-refractivity contribution in [2.45, 2.75) is 50.0 Å². The Morgan fingerprint density at radius 3 is 2.58 bits per heavy atom. The molecule has 0 radical (unpaired) electrons. The smallest absolute Gasteiger partial charge is 0.244 e. The number of sulfonamides is 1. The number of aryl methyl sites for hydroxylation is 1. The van der Waals surface area contributed by atoms with Gasteiger partial charge in [-0.2, -0.15) is 4.31 Å². The molecule has 2 amide bonds. The minimum atomic E-state index is -3.78. The number of benzene rings is 1. The lowest BCUT2D eigenvalue weighted by molar-refractivity contribution is -0.125. The van der Waals surface area contributed by atoms with Crippen LogP contribution in [-0.2, 0) is 19.6 Å². The van der Waals surface area contributed by atoms with E-state index >= 15 is 0 Å². The molecule has 0 saturated carbocycles. The summed E-state index contributed by atoms with van der Waals surface area (Å²) in [5, 5.41) is 2.56. The average Bonchev–Trinajstić information content (AvgIpc) is 3.06. The van der Waals surface area contributed by atoms with Crippen LogP contribution >= 0.6 is 0 Å². The van der Waals surface area contributed by atoms with Crippen LogP contribution in [0.3, 0.4) is 0 Å². The summed E-state index contributed by atoms with van der Waals surface area (Å²) in [6.45, 7) is 2.73. The number of likely N-dealkylation sites (N-methyl/N-ethyl adjacent to an activating group) is 1. The van der Waals surface area contributed by atoms with E-state index in [0.29, 0.717) is 31.5 Å². The first-order valence-electron chi connectivity index (χ1n) is 9.00. The zero-order chi connectivity index (χ0) is 18.9. The van der Waals surface area contributed by atoms with Gasteiger partial charge in [0.25, 0.3) is 0 Å². The fraction of sp³-hybridized carbons (Fsp3) is 0.556. The molecule has 3 rings (SSSR count). The van der Waals surface area contributed by atoms with E-state index in [-0.39, 0.29) is 16.7 Å². The Bertz CT molecular complexity index is 822. The molecule has 0 bridgehead atoms. The maximum Gasteiger partial charge on any atom is 0.244 e. The molecule has 7 nitrogen and oxygen atoms in total. The van der Waals surface area contributed by atoms with Crippen LogP contribution in [0.15, 0.2) is 23.1 Å². The van der Waals surface area contributed by atoms with Gasteiger partial charge in [0.05, 0.1) is 4.90 Å². The van der Waals surface area contributed by atoms with Gasteiger partial charge in [-0.1, -0.05) is 6.42 Å². The second kappa shape index (κ2) is 7.36. The first-order chi connectivity index (χ1) is 12.4. The summed E-state index contributed by atoms with van der Waals surface area (Å²) in [5.41, 5.74) is 1.31. The topological polar surface area (TPSA) is 86.8 Å². The van der Waals surface area contributed by atoms with Crippen LogP contribution in [0.25, 0.3) is 0 Å². The predicted molar refractivity (Wildman–Crippen MR) is 98.4 cm³/mol. The molecule has 26 heavy (non-hydrogen) atoms. The van der Waals surface area contributed by atoms with Crippen LogP contribution in [0.2, 0.25) is 0 Å². The van der Waals surface area contributed by atoms with Crippen molar-refractivity contribution < 1.29 is 18.0 Å². The Balaban J connectivity index is 1.93. The quantitative estimate of drug-likeness (QED) is 0.857. The minimum Gasteiger partial charge on any atom is -0.358 e. The van der Waals surface area contributed by atoms with Crippen LogP contribution in [0, 0.1) is 6.92 Å². The molecule has 1 aromatic carbocycles. The highest BCUT2D eigenvalue weighted by Crippen LogP contribution is 2.30. The predicted octanol–water partition coefficient (Wildman–Crippen LogP) is 1.41. The molecule has 1 aromatic rings. The lowest BCUT2D eigenvalue weighted by Gasteiger charge is -2.33. The number of nitrogens with zero attached hydrogens (tertiary/aromatic N) is 2. The first-order valence-corrected chi connectivity index (χ1v) is 10.4. The monoisotopic (exact) mass is 379 g/mol. The van der Waals surface area contributed by atoms with Gasteiger partial charge in [0.1, 0.15) is 6.04 Å². The van der Waals surface area contributed by atoms with E-state index in [1.165, 1.54) is 11.4 Å². The summed E-state index contributed by atoms with van der Waals surface area (Å²) < 4.78 is 27.7. The Labute approximate surface area is 154 Å². The van der Waals surface area contributed by atoms with Gasteiger partial charge in [0, 0.05) is 32.2 Å². The lowest BCUT2D eigenvalue weighted by Crippen LogP contribution is -2.51. The van der Waals surface area contributed by atoms with Gasteiger partial charge < -0.3 is 10.2 Å². The summed E-state index contributed by atoms with van der Waals surface area (Å²) in [4.78, 5) is 26.0. The lowest BCUT2D eigenvalue weighted by atomic mass is 10.0. The molecule has 8 heteroatoms. The molecular formula is C18H25N3O4S. The molecule has 2 heterocycles. The molecule has 0 aromatic heterocycles. The Morgan fingerprint density at radius 2 is 1.96 bits per heavy atom. The van der Waals surface area contributed by atoms with Crippen molar-refractivity contribution >= 4 is 27.5 Å². The van der Waals surface area contributed by atoms with Crippen molar-refractivity contribution in [2.24, 2.45) is 0 Å². The van der Waals surface area contributed by atoms with Gasteiger partial charge in [-0.15, -0.1) is 0 Å². The summed E-state index contributed by atoms with van der Waals surface area (Å²) in [5.74, 6) is -0.207. The number of piperidine rings is 1. The fourth-order valence-corrected chi connectivity index (χ4v) is 5.62. The van der Waals surface area contributed by atoms with Crippen molar-refractivity contribution in [2.75, 3.05) is 25.0 Å². The van der Waals surface area contributed by atoms with Crippen LogP contribution in [0.5, 0.6) is 0 Å². The third-order valence-corrected chi connectivity index (χ3v) is 7.20. The van der Waals surface area contributed by atoms with E-state index in [1.807, 2.05) is 0 Å². The van der Waals surface area contributed by atoms with Gasteiger partial charge in [-0.3, -0.25) is 9.59 Å². The Hall–Kier alpha value is -1.93. The largest absolute Gasteiger partial charge is 0.358 e. The number of hydrogen-bond donors (Lipinski definition) is 1. The van der Waals surface area contributed by atoms with E-state index in [1.54, 1.807) is 30.0 Å². The van der Waals surface area contributed by atoms with E-state index < -0.39 is 16.1 Å². The minimum absolute atomic E-state index is 0.0655. The van der Waals surface area contributed by atoms with Crippen LogP contribution in [-0.4, -0.2) is 50.7 Å². The highest BCUT2D eigenvalue weighted by molar-refractivity contribution is 7.89. The number of rotatable bonds is 4. The van der Waals surface area contributed by atoms with E-state index in [9.17, 15) is 18.0 Å². The third kappa shape index (κ3) is 3.35. The molecule has 2 aliphatic rings. The molecule has 1 atom stereocenters. The number of anilines is 1. The van der Waals surface area contributed by atoms with Gasteiger partial charge >= 0.3 is 0 Å². The van der Waals surface area contributed by atoms with Gasteiger partial charge in [0.2, 0.25) is 21.8 Å². The zero-order valence-electron chi connectivity index (χ0n) is 15.2. The normalized spacial score (nSPS) is 21.8. The molecule has 1 N–H and O–H groups in total. The highest BCUT2D eigenvalue weighted by atomic mass is 32.2. The van der Waals surface area contributed by atoms with E-state index in [4.69, 9.17) is 0 Å². The number of nitrogens with one attached hydrogen (secondary N) is 1. The van der Waals surface area contributed by atoms with E-state index in [0.717, 1.165) is 24.9 Å².